The van der Waals surface area contributed by atoms with Gasteiger partial charge in [-0.05, 0) is 30.3 Å². The zero-order valence-electron chi connectivity index (χ0n) is 13.8. The lowest BCUT2D eigenvalue weighted by molar-refractivity contribution is -0.113. The first-order valence-electron chi connectivity index (χ1n) is 7.33. The van der Waals surface area contributed by atoms with E-state index in [1.165, 1.54) is 44.2 Å². The molecule has 0 fully saturated rings. The number of carbonyl (C=O) groups excluding carboxylic acids is 3. The molecule has 2 aromatic rings. The smallest absolute Gasteiger partial charge is 0.339 e. The average Bonchev–Trinajstić information content (AvgIpc) is 2.65. The molecule has 0 aliphatic carbocycles. The zero-order chi connectivity index (χ0) is 18.2. The number of anilines is 1. The number of rotatable bonds is 6. The molecule has 0 saturated carbocycles. The predicted molar refractivity (Wildman–Crippen MR) is 94.9 cm³/mol. The van der Waals surface area contributed by atoms with Crippen LogP contribution in [0.1, 0.15) is 20.7 Å². The van der Waals surface area contributed by atoms with E-state index in [2.05, 4.69) is 10.1 Å². The fourth-order valence-corrected chi connectivity index (χ4v) is 2.75. The quantitative estimate of drug-likeness (QED) is 0.631. The van der Waals surface area contributed by atoms with Gasteiger partial charge < -0.3 is 14.8 Å². The van der Waals surface area contributed by atoms with E-state index >= 15 is 0 Å². The lowest BCUT2D eigenvalue weighted by Crippen LogP contribution is -2.18. The molecule has 25 heavy (non-hydrogen) atoms. The highest BCUT2D eigenvalue weighted by molar-refractivity contribution is 8.00. The third-order valence-electron chi connectivity index (χ3n) is 3.23. The fraction of sp³-hybridized carbons (Fsp3) is 0.167. The Bertz CT molecular complexity index is 776. The zero-order valence-corrected chi connectivity index (χ0v) is 14.6. The van der Waals surface area contributed by atoms with Gasteiger partial charge in [-0.2, -0.15) is 0 Å². The molecule has 6 nitrogen and oxygen atoms in total. The molecule has 2 rings (SSSR count). The van der Waals surface area contributed by atoms with Gasteiger partial charge in [-0.15, -0.1) is 11.8 Å². The number of methoxy groups -OCH3 is 2. The first kappa shape index (κ1) is 18.5. The van der Waals surface area contributed by atoms with Gasteiger partial charge in [0.1, 0.15) is 0 Å². The van der Waals surface area contributed by atoms with E-state index < -0.39 is 11.9 Å². The summed E-state index contributed by atoms with van der Waals surface area (Å²) in [6, 6.07) is 13.7. The molecule has 0 spiro atoms. The molecule has 2 aromatic carbocycles. The highest BCUT2D eigenvalue weighted by Gasteiger charge is 2.17. The summed E-state index contributed by atoms with van der Waals surface area (Å²) in [5, 5.41) is 2.65. The van der Waals surface area contributed by atoms with Gasteiger partial charge in [0.25, 0.3) is 0 Å². The van der Waals surface area contributed by atoms with Gasteiger partial charge in [0.05, 0.1) is 36.8 Å². The summed E-state index contributed by atoms with van der Waals surface area (Å²) < 4.78 is 9.36. The Balaban J connectivity index is 2.15. The van der Waals surface area contributed by atoms with Crippen LogP contribution in [-0.2, 0) is 14.3 Å². The minimum Gasteiger partial charge on any atom is -0.465 e. The van der Waals surface area contributed by atoms with Gasteiger partial charge >= 0.3 is 11.9 Å². The Kier molecular flexibility index (Phi) is 6.59. The summed E-state index contributed by atoms with van der Waals surface area (Å²) in [6.07, 6.45) is 0. The van der Waals surface area contributed by atoms with E-state index in [0.717, 1.165) is 4.90 Å². The topological polar surface area (TPSA) is 81.7 Å². The number of esters is 2. The lowest BCUT2D eigenvalue weighted by atomic mass is 10.1. The second-order valence-electron chi connectivity index (χ2n) is 4.89. The van der Waals surface area contributed by atoms with E-state index in [1.54, 1.807) is 0 Å². The van der Waals surface area contributed by atoms with Crippen LogP contribution in [0.3, 0.4) is 0 Å². The molecule has 0 atom stereocenters. The molecule has 0 aliphatic rings. The van der Waals surface area contributed by atoms with Crippen LogP contribution in [0.2, 0.25) is 0 Å². The third kappa shape index (κ3) is 5.09. The van der Waals surface area contributed by atoms with Crippen molar-refractivity contribution in [2.24, 2.45) is 0 Å². The van der Waals surface area contributed by atoms with Crippen molar-refractivity contribution in [2.45, 2.75) is 4.90 Å². The van der Waals surface area contributed by atoms with Crippen molar-refractivity contribution in [1.82, 2.24) is 0 Å². The summed E-state index contributed by atoms with van der Waals surface area (Å²) in [6.45, 7) is 0. The van der Waals surface area contributed by atoms with Crippen LogP contribution in [0.15, 0.2) is 53.4 Å². The molecule has 1 N–H and O–H groups in total. The summed E-state index contributed by atoms with van der Waals surface area (Å²) in [4.78, 5) is 36.7. The molecule has 0 aliphatic heterocycles. The molecular weight excluding hydrogens is 342 g/mol. The van der Waals surface area contributed by atoms with Crippen molar-refractivity contribution in [3.8, 4) is 0 Å². The number of hydrogen-bond donors (Lipinski definition) is 1. The first-order valence-corrected chi connectivity index (χ1v) is 8.32. The van der Waals surface area contributed by atoms with Crippen LogP contribution in [0, 0.1) is 0 Å². The monoisotopic (exact) mass is 359 g/mol. The van der Waals surface area contributed by atoms with Crippen molar-refractivity contribution in [3.63, 3.8) is 0 Å². The van der Waals surface area contributed by atoms with Crippen LogP contribution in [-0.4, -0.2) is 37.8 Å². The molecule has 0 aromatic heterocycles. The number of amides is 1. The largest absolute Gasteiger partial charge is 0.465 e. The molecular formula is C18H17NO5S. The number of hydrogen-bond acceptors (Lipinski definition) is 6. The van der Waals surface area contributed by atoms with Crippen molar-refractivity contribution in [3.05, 3.63) is 59.7 Å². The van der Waals surface area contributed by atoms with Gasteiger partial charge in [-0.25, -0.2) is 9.59 Å². The predicted octanol–water partition coefficient (Wildman–Crippen LogP) is 2.99. The van der Waals surface area contributed by atoms with Gasteiger partial charge in [0.2, 0.25) is 5.91 Å². The molecule has 0 heterocycles. The van der Waals surface area contributed by atoms with Crippen LogP contribution >= 0.6 is 11.8 Å². The van der Waals surface area contributed by atoms with E-state index in [4.69, 9.17) is 4.74 Å². The molecule has 0 saturated heterocycles. The second-order valence-corrected chi connectivity index (χ2v) is 5.94. The maximum Gasteiger partial charge on any atom is 0.339 e. The van der Waals surface area contributed by atoms with E-state index in [0.29, 0.717) is 0 Å². The summed E-state index contributed by atoms with van der Waals surface area (Å²) >= 11 is 1.36. The minimum atomic E-state index is -0.609. The van der Waals surface area contributed by atoms with Crippen LogP contribution < -0.4 is 5.32 Å². The highest BCUT2D eigenvalue weighted by atomic mass is 32.2. The summed E-state index contributed by atoms with van der Waals surface area (Å²) in [5.41, 5.74) is 0.586. The number of thioether (sulfide) groups is 1. The van der Waals surface area contributed by atoms with Crippen LogP contribution in [0.4, 0.5) is 5.69 Å². The maximum atomic E-state index is 12.2. The van der Waals surface area contributed by atoms with Crippen LogP contribution in [0.25, 0.3) is 0 Å². The number of benzene rings is 2. The summed E-state index contributed by atoms with van der Waals surface area (Å²) in [5.74, 6) is -1.32. The van der Waals surface area contributed by atoms with Crippen molar-refractivity contribution in [2.75, 3.05) is 25.3 Å². The van der Waals surface area contributed by atoms with E-state index in [9.17, 15) is 14.4 Å². The van der Waals surface area contributed by atoms with Crippen LogP contribution in [0.5, 0.6) is 0 Å². The van der Waals surface area contributed by atoms with Gasteiger partial charge in [-0.3, -0.25) is 4.79 Å². The standard InChI is InChI=1S/C18H17NO5S/c1-23-17(21)12-8-9-14(18(22)24-2)15(10-12)19-16(20)11-25-13-6-4-3-5-7-13/h3-10H,11H2,1-2H3,(H,19,20). The molecule has 0 bridgehead atoms. The minimum absolute atomic E-state index is 0.160. The average molecular weight is 359 g/mol. The number of carbonyl (C=O) groups is 3. The Hall–Kier alpha value is -2.80. The summed E-state index contributed by atoms with van der Waals surface area (Å²) in [7, 11) is 2.50. The normalized spacial score (nSPS) is 10.0. The Morgan fingerprint density at radius 1 is 0.960 bits per heavy atom. The molecule has 7 heteroatoms. The van der Waals surface area contributed by atoms with Crippen molar-refractivity contribution in [1.29, 1.82) is 0 Å². The molecule has 0 radical (unpaired) electrons. The van der Waals surface area contributed by atoms with Crippen molar-refractivity contribution >= 4 is 35.3 Å². The molecule has 0 unspecified atom stereocenters. The molecule has 1 amide bonds. The first-order chi connectivity index (χ1) is 12.0. The van der Waals surface area contributed by atoms with Gasteiger partial charge in [-0.1, -0.05) is 18.2 Å². The van der Waals surface area contributed by atoms with Crippen molar-refractivity contribution < 1.29 is 23.9 Å². The fourth-order valence-electron chi connectivity index (χ4n) is 2.03. The van der Waals surface area contributed by atoms with E-state index in [1.807, 2.05) is 30.3 Å². The van der Waals surface area contributed by atoms with Gasteiger partial charge in [0, 0.05) is 4.90 Å². The van der Waals surface area contributed by atoms with Gasteiger partial charge in [0.15, 0.2) is 0 Å². The Morgan fingerprint density at radius 3 is 2.28 bits per heavy atom. The number of ether oxygens (including phenoxy) is 2. The Labute approximate surface area is 149 Å². The molecule has 130 valence electrons. The lowest BCUT2D eigenvalue weighted by Gasteiger charge is -2.11. The number of nitrogens with one attached hydrogen (secondary N) is 1. The van der Waals surface area contributed by atoms with E-state index in [-0.39, 0.29) is 28.5 Å². The third-order valence-corrected chi connectivity index (χ3v) is 4.25. The SMILES string of the molecule is COC(=O)c1ccc(C(=O)OC)c(NC(=O)CSc2ccccc2)c1. The maximum absolute atomic E-state index is 12.2. The highest BCUT2D eigenvalue weighted by Crippen LogP contribution is 2.21. The second kappa shape index (κ2) is 8.89. The Morgan fingerprint density at radius 2 is 1.64 bits per heavy atom.